The summed E-state index contributed by atoms with van der Waals surface area (Å²) in [6, 6.07) is 3.08. The van der Waals surface area contributed by atoms with Crippen LogP contribution in [0.25, 0.3) is 32.4 Å². The van der Waals surface area contributed by atoms with Gasteiger partial charge in [-0.2, -0.15) is 0 Å². The SMILES string of the molecule is CCCCNC(=O)c1cn([C@@H]2C(O)[C@H](SC3O[C@H](CO)C(O)C(OCc4cc5c(F)c(F)ccc5oc4=O)[C@H]3O)OC(CO)[C@@H]2O)nn1.S=S=S=S=S=S=S.[N-]=[N+]=N[C@@H]1C(O)[C@H](SC2O[C@H](CO)C(O)C(OCc3cc4c(F)c(F)ccc4oc3=O)[C@H]2O)OC(CO)[C@@H]1O. The van der Waals surface area contributed by atoms with Crippen LogP contribution in [0.15, 0.2) is 66.1 Å². The van der Waals surface area contributed by atoms with Crippen molar-refractivity contribution in [3.63, 3.8) is 0 Å². The lowest BCUT2D eigenvalue weighted by Crippen LogP contribution is -2.61. The molecule has 94 heavy (non-hydrogen) atoms. The lowest BCUT2D eigenvalue weighted by Gasteiger charge is -2.46. The first-order valence-corrected chi connectivity index (χ1v) is 37.6. The number of aliphatic hydroxyl groups excluding tert-OH is 12. The molecule has 30 nitrogen and oxygen atoms in total. The molecule has 13 N–H and O–H groups in total. The van der Waals surface area contributed by atoms with E-state index in [1.54, 1.807) is 26.6 Å². The Bertz CT molecular complexity index is 3790. The van der Waals surface area contributed by atoms with Gasteiger partial charge in [-0.3, -0.25) is 4.79 Å². The van der Waals surface area contributed by atoms with Crippen molar-refractivity contribution in [2.24, 2.45) is 5.11 Å². The van der Waals surface area contributed by atoms with Gasteiger partial charge < -0.3 is 104 Å². The predicted molar refractivity (Wildman–Crippen MR) is 339 cm³/mol. The van der Waals surface area contributed by atoms with Crippen LogP contribution in [-0.4, -0.2) is 228 Å². The number of carbonyl (C=O) groups excluding carboxylic acids is 1. The molecule has 0 radical (unpaired) electrons. The number of nitrogens with one attached hydrogen (secondary N) is 1. The number of azide groups is 1. The van der Waals surface area contributed by atoms with Crippen molar-refractivity contribution in [2.75, 3.05) is 33.0 Å². The fraction of sp³-hybridized carbons (Fsp3) is 0.588. The highest BCUT2D eigenvalue weighted by Gasteiger charge is 2.53. The summed E-state index contributed by atoms with van der Waals surface area (Å²) in [5, 5.41) is 139. The van der Waals surface area contributed by atoms with Gasteiger partial charge >= 0.3 is 11.3 Å². The van der Waals surface area contributed by atoms with Crippen molar-refractivity contribution >= 4 is 118 Å². The summed E-state index contributed by atoms with van der Waals surface area (Å²) in [5.41, 5.74) is 0.498. The molecule has 1 amide bonds. The number of carbonyl (C=O) groups is 1. The van der Waals surface area contributed by atoms with E-state index >= 15 is 0 Å². The molecule has 0 bridgehead atoms. The molecular weight excluding hydrogens is 1440 g/mol. The van der Waals surface area contributed by atoms with Crippen molar-refractivity contribution in [2.45, 2.75) is 152 Å². The molecule has 4 aliphatic rings. The summed E-state index contributed by atoms with van der Waals surface area (Å²) in [7, 11) is 7.36. The Morgan fingerprint density at radius 1 is 0.649 bits per heavy atom. The van der Waals surface area contributed by atoms with Gasteiger partial charge in [-0.05, 0) is 48.4 Å². The molecule has 520 valence electrons. The molecule has 5 aromatic rings. The zero-order chi connectivity index (χ0) is 68.7. The lowest BCUT2D eigenvalue weighted by molar-refractivity contribution is -0.225. The minimum Gasteiger partial charge on any atom is -0.422 e. The third-order valence-electron chi connectivity index (χ3n) is 14.7. The summed E-state index contributed by atoms with van der Waals surface area (Å²) in [5.74, 6) is -5.38. The quantitative estimate of drug-likeness (QED) is 0.0102. The highest BCUT2D eigenvalue weighted by molar-refractivity contribution is 8.68. The van der Waals surface area contributed by atoms with Gasteiger partial charge in [-0.25, -0.2) is 31.8 Å². The van der Waals surface area contributed by atoms with Gasteiger partial charge in [0.25, 0.3) is 5.91 Å². The second-order valence-electron chi connectivity index (χ2n) is 20.5. The highest BCUT2D eigenvalue weighted by Crippen LogP contribution is 2.42. The van der Waals surface area contributed by atoms with Gasteiger partial charge in [-0.15, -0.1) is 5.10 Å². The van der Waals surface area contributed by atoms with E-state index in [1.807, 2.05) is 6.92 Å². The molecule has 0 spiro atoms. The molecule has 4 aliphatic heterocycles. The maximum absolute atomic E-state index is 14.3. The van der Waals surface area contributed by atoms with Crippen LogP contribution in [0.1, 0.15) is 47.4 Å². The third kappa shape index (κ3) is 18.7. The van der Waals surface area contributed by atoms with Crippen LogP contribution in [-0.2, 0) is 108 Å². The number of hydrogen-bond acceptors (Lipinski definition) is 30. The van der Waals surface area contributed by atoms with Crippen molar-refractivity contribution in [3.05, 3.63) is 114 Å². The summed E-state index contributed by atoms with van der Waals surface area (Å²) < 4.78 is 101. The second kappa shape index (κ2) is 36.7. The Hall–Kier alpha value is -3.98. The minimum atomic E-state index is -1.70. The third-order valence-corrected chi connectivity index (χ3v) is 26.2. The second-order valence-corrected chi connectivity index (χ2v) is 31.8. The number of halogens is 4. The number of rotatable bonds is 20. The van der Waals surface area contributed by atoms with Crippen LogP contribution in [0.3, 0.4) is 0 Å². The predicted octanol–water partition coefficient (Wildman–Crippen LogP) is -1.84. The molecular formula is C51H61F4N7O23S9. The van der Waals surface area contributed by atoms with Crippen LogP contribution in [0.5, 0.6) is 0 Å². The van der Waals surface area contributed by atoms with Gasteiger partial charge in [-0.1, -0.05) is 47.2 Å². The number of amides is 1. The van der Waals surface area contributed by atoms with E-state index in [1.165, 1.54) is 24.0 Å². The minimum absolute atomic E-state index is 0.0825. The smallest absolute Gasteiger partial charge is 0.341 e. The van der Waals surface area contributed by atoms with Crippen LogP contribution in [0.4, 0.5) is 17.6 Å². The normalized spacial score (nSPS) is 30.8. The first-order valence-electron chi connectivity index (χ1n) is 27.7. The molecule has 10 unspecified atom stereocenters. The van der Waals surface area contributed by atoms with Gasteiger partial charge in [0.1, 0.15) is 118 Å². The molecule has 2 aromatic carbocycles. The monoisotopic (exact) mass is 1500 g/mol. The number of unbranched alkanes of at least 4 members (excludes halogenated alkanes) is 1. The molecule has 0 saturated carbocycles. The Kier molecular flexibility index (Phi) is 30.2. The maximum Gasteiger partial charge on any atom is 0.341 e. The van der Waals surface area contributed by atoms with E-state index in [0.717, 1.165) is 53.9 Å². The van der Waals surface area contributed by atoms with Gasteiger partial charge in [0.2, 0.25) is 0 Å². The molecule has 3 aromatic heterocycles. The van der Waals surface area contributed by atoms with Crippen molar-refractivity contribution in [3.8, 4) is 0 Å². The molecule has 0 aliphatic carbocycles. The van der Waals surface area contributed by atoms with E-state index < -0.39 is 199 Å². The van der Waals surface area contributed by atoms with E-state index in [4.69, 9.17) is 42.8 Å². The van der Waals surface area contributed by atoms with Crippen molar-refractivity contribution < 1.29 is 121 Å². The number of aromatic nitrogens is 3. The average Bonchev–Trinajstić information content (AvgIpc) is 1.27. The number of thioether (sulfide) groups is 2. The average molecular weight is 1500 g/mol. The van der Waals surface area contributed by atoms with Crippen LogP contribution < -0.4 is 16.6 Å². The van der Waals surface area contributed by atoms with E-state index in [-0.39, 0.29) is 38.8 Å². The number of hydrogen-bond donors (Lipinski definition) is 13. The van der Waals surface area contributed by atoms with Crippen LogP contribution in [0, 0.1) is 23.3 Å². The van der Waals surface area contributed by atoms with E-state index in [9.17, 15) is 93.2 Å². The van der Waals surface area contributed by atoms with Gasteiger partial charge in [0, 0.05) is 78.2 Å². The number of benzene rings is 2. The van der Waals surface area contributed by atoms with Gasteiger partial charge in [0.15, 0.2) is 29.0 Å². The summed E-state index contributed by atoms with van der Waals surface area (Å²) in [6.45, 7) is -1.77. The number of ether oxygens (including phenoxy) is 6. The molecule has 9 rings (SSSR count). The highest BCUT2D eigenvalue weighted by atomic mass is 33.4. The number of aliphatic hydroxyl groups is 12. The Labute approximate surface area is 560 Å². The first kappa shape index (κ1) is 77.4. The molecule has 20 atom stereocenters. The molecule has 4 saturated heterocycles. The van der Waals surface area contributed by atoms with E-state index in [0.29, 0.717) is 30.1 Å². The topological polar surface area (TPSA) is 467 Å². The number of nitrogens with zero attached hydrogens (tertiary/aromatic N) is 6. The summed E-state index contributed by atoms with van der Waals surface area (Å²) >= 11 is 10.5. The first-order chi connectivity index (χ1) is 45.0. The lowest BCUT2D eigenvalue weighted by atomic mass is 9.97. The molecule has 7 heterocycles. The Balaban J connectivity index is 0.000000245. The van der Waals surface area contributed by atoms with Crippen molar-refractivity contribution in [1.29, 1.82) is 0 Å². The Morgan fingerprint density at radius 3 is 1.52 bits per heavy atom. The van der Waals surface area contributed by atoms with E-state index in [2.05, 4.69) is 48.0 Å². The number of fused-ring (bicyclic) bond motifs is 2. The van der Waals surface area contributed by atoms with Crippen LogP contribution >= 0.6 is 23.5 Å². The largest absolute Gasteiger partial charge is 0.422 e. The maximum atomic E-state index is 14.3. The fourth-order valence-electron chi connectivity index (χ4n) is 9.80. The Morgan fingerprint density at radius 2 is 1.09 bits per heavy atom. The zero-order valence-corrected chi connectivity index (χ0v) is 55.5. The standard InChI is InChI=1S/C29H36F2N4O12S.C22H25F2N3O11S.S7/c1-2-3-6-32-26(42)15-8-35(34-33-15)20-21(38)17(9-36)46-28(23(20)40)48-29-24(41)25(22(39)18(10-37)47-29)44-11-12-7-13-16(45-27(12)43)5-4-14(30)19(13)31;23-9-1-2-10-8(13(9)24)3-7(20(34)36-10)6-35-19-16(31)12(5-29)38-22(18(19)33)39-21-17(32)14(26-27-25)15(30)11(4-28)37-21;1-3-5-7-6-4-2/h4-5,7-8,17-18,20-25,28-29,36-41H,2-3,6,9-11H2,1H3,(H,32,42);1-3,11-12,14-19,21-22,28-33H,4-6H2;/t17?,18-,20+,21+,22?,23?,24-,25?,28+,29?;11?,12-,14+,15+,16?,17?,18-,19?,21+,22?;/m11./s1. The zero-order valence-electron chi connectivity index (χ0n) is 48.2. The fourth-order valence-corrected chi connectivity index (χ4v) is 20.7. The van der Waals surface area contributed by atoms with Gasteiger partial charge in [0.05, 0.1) is 79.9 Å². The molecule has 4 fully saturated rings. The molecule has 43 heteroatoms. The summed E-state index contributed by atoms with van der Waals surface area (Å²) in [6.07, 6.45) is -18.3. The summed E-state index contributed by atoms with van der Waals surface area (Å²) in [4.78, 5) is 39.9. The van der Waals surface area contributed by atoms with Crippen LogP contribution in [0.2, 0.25) is 0 Å². The van der Waals surface area contributed by atoms with Crippen molar-refractivity contribution in [1.82, 2.24) is 20.3 Å².